The lowest BCUT2D eigenvalue weighted by molar-refractivity contribution is 0.135. The minimum Gasteiger partial charge on any atom is -0.494 e. The highest BCUT2D eigenvalue weighted by Gasteiger charge is 2.39. The second-order valence-corrected chi connectivity index (χ2v) is 24.3. The van der Waals surface area contributed by atoms with E-state index >= 15 is 0 Å². The van der Waals surface area contributed by atoms with Crippen LogP contribution in [0.1, 0.15) is 59.1 Å². The average Bonchev–Trinajstić information content (AvgIpc) is 2.78. The molecule has 0 atom stereocenters. The summed E-state index contributed by atoms with van der Waals surface area (Å²) in [5.74, 6) is 1.29. The molecule has 6 heteroatoms. The first kappa shape index (κ1) is 30.6. The van der Waals surface area contributed by atoms with Crippen molar-refractivity contribution in [3.63, 3.8) is 0 Å². The van der Waals surface area contributed by atoms with Crippen molar-refractivity contribution >= 4 is 32.6 Å². The van der Waals surface area contributed by atoms with Crippen molar-refractivity contribution in [1.29, 1.82) is 0 Å². The van der Waals surface area contributed by atoms with Crippen LogP contribution in [0.3, 0.4) is 0 Å². The summed E-state index contributed by atoms with van der Waals surface area (Å²) in [5.41, 5.74) is 5.49. The third-order valence-electron chi connectivity index (χ3n) is 8.86. The summed E-state index contributed by atoms with van der Waals surface area (Å²) < 4.78 is 20.7. The molecule has 1 aliphatic carbocycles. The number of rotatable bonds is 10. The summed E-state index contributed by atoms with van der Waals surface area (Å²) in [7, 11) is -3.64. The van der Waals surface area contributed by atoms with Crippen molar-refractivity contribution in [3.05, 3.63) is 52.0 Å². The maximum Gasteiger partial charge on any atom is 0.191 e. The summed E-state index contributed by atoms with van der Waals surface area (Å²) in [6, 6.07) is 13.2. The Hall–Kier alpha value is -0.926. The number of halogens is 1. The Morgan fingerprint density at radius 1 is 0.757 bits per heavy atom. The van der Waals surface area contributed by atoms with Gasteiger partial charge >= 0.3 is 0 Å². The molecule has 0 unspecified atom stereocenters. The Balaban J connectivity index is 1.65. The van der Waals surface area contributed by atoms with E-state index in [2.05, 4.69) is 120 Å². The molecule has 37 heavy (non-hydrogen) atoms. The monoisotopic (exact) mass is 604 g/mol. The highest BCUT2D eigenvalue weighted by molar-refractivity contribution is 9.10. The maximum absolute atomic E-state index is 6.64. The van der Waals surface area contributed by atoms with E-state index < -0.39 is 16.6 Å². The number of hydrogen-bond acceptors (Lipinski definition) is 3. The molecule has 206 valence electrons. The summed E-state index contributed by atoms with van der Waals surface area (Å²) in [4.78, 5) is 0. The van der Waals surface area contributed by atoms with Crippen LogP contribution in [-0.4, -0.2) is 36.5 Å². The molecule has 0 spiro atoms. The van der Waals surface area contributed by atoms with Gasteiger partial charge in [-0.1, -0.05) is 69.6 Å². The van der Waals surface area contributed by atoms with Crippen molar-refractivity contribution in [3.8, 4) is 16.9 Å². The SMILES string of the molecule is CC(C)(C)[Si](C)(C)OCC(CCOc1ccc2c(c1)CCc1cc(Br)ccc1-2)CO[Si](C)(C)C(C)(C)C. The van der Waals surface area contributed by atoms with Crippen molar-refractivity contribution in [2.75, 3.05) is 19.8 Å². The maximum atomic E-state index is 6.64. The van der Waals surface area contributed by atoms with Crippen LogP contribution in [0, 0.1) is 5.92 Å². The van der Waals surface area contributed by atoms with E-state index in [1.54, 1.807) is 0 Å². The van der Waals surface area contributed by atoms with Gasteiger partial charge in [-0.3, -0.25) is 0 Å². The standard InChI is InChI=1S/C31H49BrO3Si2/c1-30(2,3)36(7,8)34-21-23(22-35-37(9,10)31(4,5)6)17-18-33-27-14-16-29-25(20-27)12-11-24-19-26(32)13-15-28(24)29/h13-16,19-20,23H,11-12,17-18,21-22H2,1-10H3. The largest absolute Gasteiger partial charge is 0.494 e. The quantitative estimate of drug-likeness (QED) is 0.252. The van der Waals surface area contributed by atoms with Gasteiger partial charge in [0.1, 0.15) is 5.75 Å². The van der Waals surface area contributed by atoms with E-state index in [9.17, 15) is 0 Å². The Kier molecular flexibility index (Phi) is 9.65. The summed E-state index contributed by atoms with van der Waals surface area (Å²) in [6.07, 6.45) is 3.05. The van der Waals surface area contributed by atoms with Gasteiger partial charge in [0.05, 0.1) is 6.61 Å². The Morgan fingerprint density at radius 2 is 1.24 bits per heavy atom. The minimum atomic E-state index is -1.82. The third kappa shape index (κ3) is 7.81. The van der Waals surface area contributed by atoms with Crippen molar-refractivity contribution in [2.24, 2.45) is 5.92 Å². The molecule has 0 radical (unpaired) electrons. The van der Waals surface area contributed by atoms with Crippen LogP contribution in [0.2, 0.25) is 36.3 Å². The van der Waals surface area contributed by atoms with Gasteiger partial charge in [0.25, 0.3) is 0 Å². The second-order valence-electron chi connectivity index (χ2n) is 13.8. The molecule has 1 aliphatic rings. The van der Waals surface area contributed by atoms with Gasteiger partial charge in [-0.05, 0) is 102 Å². The van der Waals surface area contributed by atoms with Gasteiger partial charge in [-0.15, -0.1) is 0 Å². The van der Waals surface area contributed by atoms with Gasteiger partial charge in [-0.2, -0.15) is 0 Å². The lowest BCUT2D eigenvalue weighted by atomic mass is 9.85. The fraction of sp³-hybridized carbons (Fsp3) is 0.613. The Morgan fingerprint density at radius 3 is 1.76 bits per heavy atom. The molecule has 3 rings (SSSR count). The molecule has 0 bridgehead atoms. The van der Waals surface area contributed by atoms with Crippen LogP contribution >= 0.6 is 15.9 Å². The smallest absolute Gasteiger partial charge is 0.191 e. The highest BCUT2D eigenvalue weighted by Crippen LogP contribution is 2.39. The van der Waals surface area contributed by atoms with E-state index in [1.807, 2.05) is 0 Å². The van der Waals surface area contributed by atoms with Crippen LogP contribution < -0.4 is 4.74 Å². The number of fused-ring (bicyclic) bond motifs is 3. The van der Waals surface area contributed by atoms with Gasteiger partial charge in [-0.25, -0.2) is 0 Å². The number of benzene rings is 2. The summed E-state index contributed by atoms with van der Waals surface area (Å²) in [6.45, 7) is 25.3. The predicted molar refractivity (Wildman–Crippen MR) is 167 cm³/mol. The van der Waals surface area contributed by atoms with E-state index in [4.69, 9.17) is 13.6 Å². The van der Waals surface area contributed by atoms with Crippen LogP contribution in [-0.2, 0) is 21.7 Å². The summed E-state index contributed by atoms with van der Waals surface area (Å²) >= 11 is 3.61. The molecule has 0 aliphatic heterocycles. The molecule has 2 aromatic carbocycles. The van der Waals surface area contributed by atoms with Crippen LogP contribution in [0.25, 0.3) is 11.1 Å². The van der Waals surface area contributed by atoms with Gasteiger partial charge < -0.3 is 13.6 Å². The van der Waals surface area contributed by atoms with Crippen LogP contribution in [0.15, 0.2) is 40.9 Å². The zero-order chi connectivity index (χ0) is 27.6. The van der Waals surface area contributed by atoms with Crippen molar-refractivity contribution in [1.82, 2.24) is 0 Å². The zero-order valence-corrected chi connectivity index (χ0v) is 28.5. The lowest BCUT2D eigenvalue weighted by Crippen LogP contribution is -2.44. The first-order chi connectivity index (χ1) is 17.0. The predicted octanol–water partition coefficient (Wildman–Crippen LogP) is 9.64. The Labute approximate surface area is 237 Å². The topological polar surface area (TPSA) is 27.7 Å². The molecule has 0 saturated carbocycles. The molecule has 3 nitrogen and oxygen atoms in total. The molecule has 0 heterocycles. The number of ether oxygens (including phenoxy) is 1. The van der Waals surface area contributed by atoms with E-state index in [-0.39, 0.29) is 10.1 Å². The van der Waals surface area contributed by atoms with Gasteiger partial charge in [0.2, 0.25) is 0 Å². The fourth-order valence-corrected chi connectivity index (χ4v) is 6.65. The van der Waals surface area contributed by atoms with E-state index in [1.165, 1.54) is 22.3 Å². The molecule has 0 saturated heterocycles. The van der Waals surface area contributed by atoms with Gasteiger partial charge in [0.15, 0.2) is 16.6 Å². The van der Waals surface area contributed by atoms with Crippen LogP contribution in [0.4, 0.5) is 0 Å². The lowest BCUT2D eigenvalue weighted by Gasteiger charge is -2.39. The minimum absolute atomic E-state index is 0.201. The zero-order valence-electron chi connectivity index (χ0n) is 24.9. The first-order valence-electron chi connectivity index (χ1n) is 13.8. The molecule has 0 N–H and O–H groups in total. The number of hydrogen-bond donors (Lipinski definition) is 0. The molecule has 0 fully saturated rings. The molecular formula is C31H49BrO3Si2. The molecule has 0 aromatic heterocycles. The normalized spacial score (nSPS) is 14.5. The molecule has 2 aromatic rings. The summed E-state index contributed by atoms with van der Waals surface area (Å²) in [5, 5.41) is 0.401. The first-order valence-corrected chi connectivity index (χ1v) is 20.4. The van der Waals surface area contributed by atoms with E-state index in [0.29, 0.717) is 12.5 Å². The Bertz CT molecular complexity index is 1040. The molecule has 0 amide bonds. The fourth-order valence-electron chi connectivity index (χ4n) is 4.07. The highest BCUT2D eigenvalue weighted by atomic mass is 79.9. The number of aryl methyl sites for hydroxylation is 2. The van der Waals surface area contributed by atoms with Crippen LogP contribution in [0.5, 0.6) is 5.75 Å². The van der Waals surface area contributed by atoms with Gasteiger partial charge in [0, 0.05) is 23.6 Å². The van der Waals surface area contributed by atoms with Crippen molar-refractivity contribution in [2.45, 2.75) is 97.1 Å². The second kappa shape index (κ2) is 11.7. The van der Waals surface area contributed by atoms with E-state index in [0.717, 1.165) is 42.7 Å². The third-order valence-corrected chi connectivity index (χ3v) is 18.4. The van der Waals surface area contributed by atoms with Crippen molar-refractivity contribution < 1.29 is 13.6 Å². The average molecular weight is 606 g/mol. The molecular weight excluding hydrogens is 556 g/mol.